The fourth-order valence-electron chi connectivity index (χ4n) is 1.61. The predicted octanol–water partition coefficient (Wildman–Crippen LogP) is 1.71. The summed E-state index contributed by atoms with van der Waals surface area (Å²) in [6.07, 6.45) is 2.48. The maximum absolute atomic E-state index is 5.03. The van der Waals surface area contributed by atoms with Crippen LogP contribution in [-0.4, -0.2) is 18.6 Å². The van der Waals surface area contributed by atoms with E-state index in [9.17, 15) is 0 Å². The number of aromatic nitrogens is 1. The first-order chi connectivity index (χ1) is 6.40. The first kappa shape index (κ1) is 9.12. The van der Waals surface area contributed by atoms with Gasteiger partial charge in [0.15, 0.2) is 0 Å². The number of nitrogens with one attached hydrogen (secondary N) is 1. The van der Waals surface area contributed by atoms with Gasteiger partial charge in [-0.05, 0) is 19.4 Å². The zero-order chi connectivity index (χ0) is 9.10. The number of methoxy groups -OCH3 is 1. The van der Waals surface area contributed by atoms with Gasteiger partial charge in [0, 0.05) is 12.5 Å². The normalized spacial score (nSPS) is 22.4. The van der Waals surface area contributed by atoms with Crippen LogP contribution >= 0.6 is 11.3 Å². The number of rotatable bonds is 3. The third kappa shape index (κ3) is 2.07. The second kappa shape index (κ2) is 4.17. The largest absolute Gasteiger partial charge is 0.378 e. The average Bonchev–Trinajstić information content (AvgIpc) is 2.70. The van der Waals surface area contributed by atoms with E-state index in [0.29, 0.717) is 12.6 Å². The Morgan fingerprint density at radius 1 is 1.77 bits per heavy atom. The fourth-order valence-corrected chi connectivity index (χ4v) is 2.43. The fraction of sp³-hybridized carbons (Fsp3) is 0.667. The highest BCUT2D eigenvalue weighted by Gasteiger charge is 2.18. The van der Waals surface area contributed by atoms with E-state index in [4.69, 9.17) is 4.74 Å². The molecule has 0 aromatic carbocycles. The second-order valence-corrected chi connectivity index (χ2v) is 4.19. The summed E-state index contributed by atoms with van der Waals surface area (Å²) in [6.45, 7) is 1.76. The van der Waals surface area contributed by atoms with E-state index < -0.39 is 0 Å². The van der Waals surface area contributed by atoms with Crippen molar-refractivity contribution in [2.75, 3.05) is 13.7 Å². The van der Waals surface area contributed by atoms with Crippen LogP contribution in [0.4, 0.5) is 0 Å². The van der Waals surface area contributed by atoms with Crippen LogP contribution in [0.15, 0.2) is 5.38 Å². The van der Waals surface area contributed by atoms with Gasteiger partial charge in [0.2, 0.25) is 0 Å². The lowest BCUT2D eigenvalue weighted by atomic mass is 10.2. The topological polar surface area (TPSA) is 34.1 Å². The minimum atomic E-state index is 0.488. The van der Waals surface area contributed by atoms with E-state index in [1.54, 1.807) is 18.4 Å². The summed E-state index contributed by atoms with van der Waals surface area (Å²) in [5.41, 5.74) is 1.19. The Labute approximate surface area is 82.1 Å². The Morgan fingerprint density at radius 3 is 3.38 bits per heavy atom. The highest BCUT2D eigenvalue weighted by molar-refractivity contribution is 7.09. The van der Waals surface area contributed by atoms with Crippen molar-refractivity contribution in [3.8, 4) is 0 Å². The van der Waals surface area contributed by atoms with Crippen LogP contribution in [0.5, 0.6) is 0 Å². The first-order valence-electron chi connectivity index (χ1n) is 4.57. The van der Waals surface area contributed by atoms with Crippen molar-refractivity contribution >= 4 is 11.3 Å². The van der Waals surface area contributed by atoms with Crippen LogP contribution in [0.3, 0.4) is 0 Å². The lowest BCUT2D eigenvalue weighted by Gasteiger charge is -2.04. The van der Waals surface area contributed by atoms with Crippen LogP contribution in [0, 0.1) is 0 Å². The van der Waals surface area contributed by atoms with Crippen LogP contribution in [0.25, 0.3) is 0 Å². The van der Waals surface area contributed by atoms with E-state index in [0.717, 1.165) is 11.6 Å². The minimum absolute atomic E-state index is 0.488. The van der Waals surface area contributed by atoms with Crippen molar-refractivity contribution in [1.29, 1.82) is 0 Å². The quantitative estimate of drug-likeness (QED) is 0.803. The summed E-state index contributed by atoms with van der Waals surface area (Å²) < 4.78 is 5.03. The summed E-state index contributed by atoms with van der Waals surface area (Å²) in [6, 6.07) is 0.488. The van der Waals surface area contributed by atoms with Crippen molar-refractivity contribution in [2.45, 2.75) is 25.5 Å². The smallest absolute Gasteiger partial charge is 0.119 e. The standard InChI is InChI=1S/C9H14N2OS/c1-12-5-9-11-8(6-13-9)7-3-2-4-10-7/h6-7,10H,2-5H2,1H3. The molecule has 0 spiro atoms. The molecule has 0 amide bonds. The molecule has 1 aromatic heterocycles. The molecule has 1 aliphatic rings. The summed E-state index contributed by atoms with van der Waals surface area (Å²) >= 11 is 1.68. The van der Waals surface area contributed by atoms with Gasteiger partial charge in [-0.1, -0.05) is 0 Å². The van der Waals surface area contributed by atoms with E-state index in [1.807, 2.05) is 0 Å². The van der Waals surface area contributed by atoms with Crippen molar-refractivity contribution in [2.24, 2.45) is 0 Å². The third-order valence-corrected chi connectivity index (χ3v) is 3.10. The van der Waals surface area contributed by atoms with Gasteiger partial charge in [-0.15, -0.1) is 11.3 Å². The molecule has 2 rings (SSSR count). The summed E-state index contributed by atoms with van der Waals surface area (Å²) in [7, 11) is 1.70. The highest BCUT2D eigenvalue weighted by atomic mass is 32.1. The second-order valence-electron chi connectivity index (χ2n) is 3.25. The maximum Gasteiger partial charge on any atom is 0.119 e. The predicted molar refractivity (Wildman–Crippen MR) is 52.8 cm³/mol. The molecule has 1 aromatic rings. The van der Waals surface area contributed by atoms with Crippen molar-refractivity contribution in [3.05, 3.63) is 16.1 Å². The lowest BCUT2D eigenvalue weighted by molar-refractivity contribution is 0.184. The van der Waals surface area contributed by atoms with Crippen LogP contribution in [0.2, 0.25) is 0 Å². The molecule has 0 saturated carbocycles. The van der Waals surface area contributed by atoms with Gasteiger partial charge in [-0.3, -0.25) is 0 Å². The maximum atomic E-state index is 5.03. The number of hydrogen-bond acceptors (Lipinski definition) is 4. The molecule has 1 saturated heterocycles. The minimum Gasteiger partial charge on any atom is -0.378 e. The van der Waals surface area contributed by atoms with E-state index >= 15 is 0 Å². The van der Waals surface area contributed by atoms with Gasteiger partial charge in [0.1, 0.15) is 5.01 Å². The Morgan fingerprint density at radius 2 is 2.69 bits per heavy atom. The van der Waals surface area contributed by atoms with Gasteiger partial charge in [-0.2, -0.15) is 0 Å². The molecule has 1 unspecified atom stereocenters. The molecule has 72 valence electrons. The van der Waals surface area contributed by atoms with Crippen molar-refractivity contribution in [1.82, 2.24) is 10.3 Å². The van der Waals surface area contributed by atoms with Crippen LogP contribution < -0.4 is 5.32 Å². The summed E-state index contributed by atoms with van der Waals surface area (Å²) in [5, 5.41) is 6.64. The molecular weight excluding hydrogens is 184 g/mol. The van der Waals surface area contributed by atoms with Crippen molar-refractivity contribution in [3.63, 3.8) is 0 Å². The average molecular weight is 198 g/mol. The molecule has 4 heteroatoms. The molecule has 2 heterocycles. The molecule has 1 atom stereocenters. The molecule has 1 fully saturated rings. The number of nitrogens with zero attached hydrogens (tertiary/aromatic N) is 1. The van der Waals surface area contributed by atoms with Gasteiger partial charge < -0.3 is 10.1 Å². The zero-order valence-electron chi connectivity index (χ0n) is 7.75. The van der Waals surface area contributed by atoms with E-state index in [1.165, 1.54) is 18.5 Å². The Kier molecular flexibility index (Phi) is 2.93. The third-order valence-electron chi connectivity index (χ3n) is 2.25. The molecule has 13 heavy (non-hydrogen) atoms. The number of hydrogen-bond donors (Lipinski definition) is 1. The summed E-state index contributed by atoms with van der Waals surface area (Å²) in [4.78, 5) is 4.51. The van der Waals surface area contributed by atoms with Crippen LogP contribution in [-0.2, 0) is 11.3 Å². The molecule has 3 nitrogen and oxygen atoms in total. The lowest BCUT2D eigenvalue weighted by Crippen LogP contribution is -2.13. The van der Waals surface area contributed by atoms with E-state index in [-0.39, 0.29) is 0 Å². The van der Waals surface area contributed by atoms with Gasteiger partial charge >= 0.3 is 0 Å². The molecule has 0 radical (unpaired) electrons. The Hall–Kier alpha value is -0.450. The Balaban J connectivity index is 2.03. The highest BCUT2D eigenvalue weighted by Crippen LogP contribution is 2.24. The first-order valence-corrected chi connectivity index (χ1v) is 5.44. The van der Waals surface area contributed by atoms with Gasteiger partial charge in [0.05, 0.1) is 18.3 Å². The molecule has 1 aliphatic heterocycles. The monoisotopic (exact) mass is 198 g/mol. The SMILES string of the molecule is COCc1nc(C2CCCN2)cs1. The molecule has 0 aliphatic carbocycles. The number of ether oxygens (including phenoxy) is 1. The van der Waals surface area contributed by atoms with Crippen molar-refractivity contribution < 1.29 is 4.74 Å². The number of thiazole rings is 1. The zero-order valence-corrected chi connectivity index (χ0v) is 8.56. The Bertz CT molecular complexity index is 268. The molecule has 1 N–H and O–H groups in total. The molecule has 0 bridgehead atoms. The summed E-state index contributed by atoms with van der Waals surface area (Å²) in [5.74, 6) is 0. The van der Waals surface area contributed by atoms with E-state index in [2.05, 4.69) is 15.7 Å². The molecular formula is C9H14N2OS. The van der Waals surface area contributed by atoms with Crippen LogP contribution in [0.1, 0.15) is 29.6 Å². The van der Waals surface area contributed by atoms with Gasteiger partial charge in [-0.25, -0.2) is 4.98 Å². The van der Waals surface area contributed by atoms with Gasteiger partial charge in [0.25, 0.3) is 0 Å².